The molecule has 0 saturated heterocycles. The van der Waals surface area contributed by atoms with Crippen molar-refractivity contribution >= 4 is 0 Å². The van der Waals surface area contributed by atoms with E-state index in [1.807, 2.05) is 0 Å². The molecule has 2 unspecified atom stereocenters. The van der Waals surface area contributed by atoms with Gasteiger partial charge in [-0.2, -0.15) is 0 Å². The minimum absolute atomic E-state index is 0.802. The molecule has 58 valence electrons. The van der Waals surface area contributed by atoms with Crippen LogP contribution in [0.3, 0.4) is 0 Å². The van der Waals surface area contributed by atoms with Crippen LogP contribution in [0.4, 0.5) is 0 Å². The van der Waals surface area contributed by atoms with E-state index in [0.717, 1.165) is 11.8 Å². The highest BCUT2D eigenvalue weighted by molar-refractivity contribution is 5.22. The van der Waals surface area contributed by atoms with Gasteiger partial charge in [-0.05, 0) is 12.8 Å². The lowest BCUT2D eigenvalue weighted by Gasteiger charge is -1.82. The second-order valence-corrected chi connectivity index (χ2v) is 3.64. The topological polar surface area (TPSA) is 0 Å². The molecule has 0 aromatic carbocycles. The van der Waals surface area contributed by atoms with E-state index < -0.39 is 0 Å². The van der Waals surface area contributed by atoms with Crippen molar-refractivity contribution in [3.05, 3.63) is 30.7 Å². The summed E-state index contributed by atoms with van der Waals surface area (Å²) < 4.78 is 0. The van der Waals surface area contributed by atoms with Gasteiger partial charge in [0.05, 0.1) is 5.92 Å². The lowest BCUT2D eigenvalue weighted by Crippen LogP contribution is -1.77. The van der Waals surface area contributed by atoms with Crippen molar-refractivity contribution < 1.29 is 0 Å². The summed E-state index contributed by atoms with van der Waals surface area (Å²) in [7, 11) is 0. The molecule has 2 fully saturated rings. The van der Waals surface area contributed by atoms with Gasteiger partial charge in [0.15, 0.2) is 0 Å². The van der Waals surface area contributed by atoms with Gasteiger partial charge in [-0.25, -0.2) is 0 Å². The van der Waals surface area contributed by atoms with Crippen molar-refractivity contribution in [2.24, 2.45) is 11.8 Å². The van der Waals surface area contributed by atoms with Crippen LogP contribution in [0.15, 0.2) is 24.3 Å². The Morgan fingerprint density at radius 3 is 2.91 bits per heavy atom. The summed E-state index contributed by atoms with van der Waals surface area (Å²) in [4.78, 5) is 0. The molecule has 0 aromatic rings. The highest BCUT2D eigenvalue weighted by Gasteiger charge is 2.37. The van der Waals surface area contributed by atoms with Gasteiger partial charge >= 0.3 is 0 Å². The Morgan fingerprint density at radius 1 is 1.45 bits per heavy atom. The normalized spacial score (nSPS) is 38.7. The molecule has 0 nitrogen and oxygen atoms in total. The van der Waals surface area contributed by atoms with E-state index in [9.17, 15) is 0 Å². The molecule has 0 N–H and O–H groups in total. The molecule has 0 bridgehead atoms. The van der Waals surface area contributed by atoms with Gasteiger partial charge in [-0.1, -0.05) is 6.08 Å². The Morgan fingerprint density at radius 2 is 2.36 bits per heavy atom. The van der Waals surface area contributed by atoms with E-state index in [2.05, 4.69) is 25.2 Å². The van der Waals surface area contributed by atoms with E-state index in [-0.39, 0.29) is 0 Å². The quantitative estimate of drug-likeness (QED) is 0.416. The first kappa shape index (κ1) is 7.02. The van der Waals surface area contributed by atoms with Gasteiger partial charge in [0.25, 0.3) is 0 Å². The molecule has 0 radical (unpaired) electrons. The number of allylic oxidation sites excluding steroid dienone is 3. The first-order valence-corrected chi connectivity index (χ1v) is 4.56. The molecule has 0 heterocycles. The van der Waals surface area contributed by atoms with E-state index in [4.69, 9.17) is 0 Å². The molecular weight excluding hydrogens is 132 g/mol. The third-order valence-electron chi connectivity index (χ3n) is 2.70. The van der Waals surface area contributed by atoms with Crippen molar-refractivity contribution in [2.75, 3.05) is 0 Å². The number of hydrogen-bond acceptors (Lipinski definition) is 0. The predicted molar refractivity (Wildman–Crippen MR) is 48.0 cm³/mol. The highest BCUT2D eigenvalue weighted by Crippen LogP contribution is 2.42. The van der Waals surface area contributed by atoms with Gasteiger partial charge in [-0.15, -0.1) is 6.58 Å². The van der Waals surface area contributed by atoms with Gasteiger partial charge in [0.2, 0.25) is 0 Å². The zero-order valence-electron chi connectivity index (χ0n) is 6.92. The van der Waals surface area contributed by atoms with Crippen molar-refractivity contribution in [1.82, 2.24) is 0 Å². The van der Waals surface area contributed by atoms with Crippen LogP contribution in [-0.4, -0.2) is 0 Å². The maximum Gasteiger partial charge on any atom is 0.102 e. The van der Waals surface area contributed by atoms with E-state index in [1.165, 1.54) is 25.7 Å². The number of rotatable bonds is 2. The van der Waals surface area contributed by atoms with Crippen LogP contribution in [0.5, 0.6) is 0 Å². The molecule has 2 aliphatic carbocycles. The SMILES string of the molecule is C=CC1CC1C=C1[CH+]CCC1. The Balaban J connectivity index is 1.89. The average Bonchev–Trinajstić information content (AvgIpc) is 2.54. The van der Waals surface area contributed by atoms with Gasteiger partial charge < -0.3 is 0 Å². The Hall–Kier alpha value is -0.650. The standard InChI is InChI=1S/C11H15/c1-2-10-8-11(10)7-9-5-3-4-6-9/h2,5,7,10-11H,1,3-4,6,8H2/q+1. The fraction of sp³-hybridized carbons (Fsp3) is 0.545. The Bertz CT molecular complexity index is 180. The monoisotopic (exact) mass is 147 g/mol. The minimum atomic E-state index is 0.802. The fourth-order valence-corrected chi connectivity index (χ4v) is 1.82. The molecule has 0 heteroatoms. The second-order valence-electron chi connectivity index (χ2n) is 3.64. The van der Waals surface area contributed by atoms with Crippen LogP contribution < -0.4 is 0 Å². The van der Waals surface area contributed by atoms with Crippen LogP contribution in [0, 0.1) is 18.3 Å². The van der Waals surface area contributed by atoms with Crippen LogP contribution in [-0.2, 0) is 0 Å². The molecule has 0 aromatic heterocycles. The predicted octanol–water partition coefficient (Wildman–Crippen LogP) is 3.12. The summed E-state index contributed by atoms with van der Waals surface area (Å²) >= 11 is 0. The third-order valence-corrected chi connectivity index (χ3v) is 2.70. The summed E-state index contributed by atoms with van der Waals surface area (Å²) in [6.07, 6.45) is 12.3. The average molecular weight is 147 g/mol. The van der Waals surface area contributed by atoms with Crippen molar-refractivity contribution in [2.45, 2.75) is 25.7 Å². The van der Waals surface area contributed by atoms with E-state index >= 15 is 0 Å². The lowest BCUT2D eigenvalue weighted by molar-refractivity contribution is 0.921. The van der Waals surface area contributed by atoms with Gasteiger partial charge in [-0.3, -0.25) is 0 Å². The zero-order valence-corrected chi connectivity index (χ0v) is 6.92. The molecule has 0 aliphatic heterocycles. The van der Waals surface area contributed by atoms with E-state index in [0.29, 0.717) is 0 Å². The summed E-state index contributed by atoms with van der Waals surface area (Å²) in [6.45, 7) is 3.81. The minimum Gasteiger partial charge on any atom is -0.103 e. The Labute approximate surface area is 69.0 Å². The fourth-order valence-electron chi connectivity index (χ4n) is 1.82. The summed E-state index contributed by atoms with van der Waals surface area (Å²) in [6, 6.07) is 0. The molecule has 2 aliphatic rings. The molecule has 0 spiro atoms. The molecule has 2 atom stereocenters. The largest absolute Gasteiger partial charge is 0.103 e. The smallest absolute Gasteiger partial charge is 0.102 e. The second kappa shape index (κ2) is 2.77. The summed E-state index contributed by atoms with van der Waals surface area (Å²) in [5, 5.41) is 0. The van der Waals surface area contributed by atoms with Crippen LogP contribution >= 0.6 is 0 Å². The summed E-state index contributed by atoms with van der Waals surface area (Å²) in [5.41, 5.74) is 1.60. The molecule has 2 saturated carbocycles. The van der Waals surface area contributed by atoms with Gasteiger partial charge in [0, 0.05) is 31.3 Å². The van der Waals surface area contributed by atoms with Crippen molar-refractivity contribution in [3.8, 4) is 0 Å². The third kappa shape index (κ3) is 1.50. The highest BCUT2D eigenvalue weighted by atomic mass is 14.4. The molecular formula is C11H15+. The van der Waals surface area contributed by atoms with Crippen molar-refractivity contribution in [3.63, 3.8) is 0 Å². The molecule has 0 amide bonds. The Kier molecular flexibility index (Phi) is 1.77. The zero-order chi connectivity index (χ0) is 7.68. The maximum atomic E-state index is 3.81. The van der Waals surface area contributed by atoms with Gasteiger partial charge in [0.1, 0.15) is 5.57 Å². The molecule has 2 rings (SSSR count). The first-order valence-electron chi connectivity index (χ1n) is 4.56. The maximum absolute atomic E-state index is 3.81. The summed E-state index contributed by atoms with van der Waals surface area (Å²) in [5.74, 6) is 1.65. The van der Waals surface area contributed by atoms with Crippen LogP contribution in [0.2, 0.25) is 0 Å². The van der Waals surface area contributed by atoms with E-state index in [1.54, 1.807) is 5.57 Å². The number of hydrogen-bond donors (Lipinski definition) is 0. The van der Waals surface area contributed by atoms with Crippen LogP contribution in [0.1, 0.15) is 25.7 Å². The molecule has 11 heavy (non-hydrogen) atoms. The first-order chi connectivity index (χ1) is 5.40. The van der Waals surface area contributed by atoms with Crippen LogP contribution in [0.25, 0.3) is 0 Å². The van der Waals surface area contributed by atoms with Crippen molar-refractivity contribution in [1.29, 1.82) is 0 Å². The lowest BCUT2D eigenvalue weighted by atomic mass is 10.1.